The highest BCUT2D eigenvalue weighted by Gasteiger charge is 2.19. The van der Waals surface area contributed by atoms with E-state index in [4.69, 9.17) is 4.74 Å². The lowest BCUT2D eigenvalue weighted by Gasteiger charge is -2.10. The van der Waals surface area contributed by atoms with E-state index in [0.717, 1.165) is 19.2 Å². The first kappa shape index (κ1) is 22.8. The molecule has 4 aromatic rings. The van der Waals surface area contributed by atoms with Gasteiger partial charge in [0.2, 0.25) is 5.75 Å². The molecule has 0 saturated carbocycles. The second kappa shape index (κ2) is 9.63. The first-order valence-electron chi connectivity index (χ1n) is 9.71. The second-order valence-electron chi connectivity index (χ2n) is 7.05. The number of ether oxygens (including phenoxy) is 1. The molecule has 33 heavy (non-hydrogen) atoms. The summed E-state index contributed by atoms with van der Waals surface area (Å²) in [6.07, 6.45) is 1.36. The first-order valence-corrected chi connectivity index (χ1v) is 11.3. The van der Waals surface area contributed by atoms with Gasteiger partial charge in [-0.05, 0) is 48.9 Å². The number of nitrogens with zero attached hydrogens (tertiary/aromatic N) is 4. The van der Waals surface area contributed by atoms with E-state index in [0.29, 0.717) is 22.3 Å². The normalized spacial score (nSPS) is 11.2. The molecule has 0 unspecified atom stereocenters. The van der Waals surface area contributed by atoms with E-state index in [9.17, 15) is 14.9 Å². The monoisotopic (exact) mass is 570 g/mol. The van der Waals surface area contributed by atoms with Crippen LogP contribution in [0.5, 0.6) is 5.75 Å². The van der Waals surface area contributed by atoms with Gasteiger partial charge in [-0.1, -0.05) is 50.1 Å². The summed E-state index contributed by atoms with van der Waals surface area (Å²) < 4.78 is 8.66. The standard InChI is InChI=1S/C23H16Br2N4O4/c1-14-27-20-10-9-18(25)11-19(20)23(30)28(14)26-12-16-3-2-4-21(29(31)32)22(16)33-13-15-5-7-17(24)8-6-15/h2-12H,13H2,1H3. The predicted molar refractivity (Wildman–Crippen MR) is 133 cm³/mol. The third-order valence-electron chi connectivity index (χ3n) is 4.80. The number of aryl methyl sites for hydroxylation is 1. The Kier molecular flexibility index (Phi) is 6.66. The zero-order valence-electron chi connectivity index (χ0n) is 17.2. The van der Waals surface area contributed by atoms with Gasteiger partial charge < -0.3 is 4.74 Å². The van der Waals surface area contributed by atoms with E-state index in [1.165, 1.54) is 18.3 Å². The molecule has 10 heteroatoms. The summed E-state index contributed by atoms with van der Waals surface area (Å²) in [5, 5.41) is 16.3. The van der Waals surface area contributed by atoms with Crippen LogP contribution in [-0.4, -0.2) is 20.8 Å². The van der Waals surface area contributed by atoms with Crippen molar-refractivity contribution in [1.29, 1.82) is 0 Å². The zero-order valence-corrected chi connectivity index (χ0v) is 20.4. The summed E-state index contributed by atoms with van der Waals surface area (Å²) in [5.74, 6) is 0.449. The van der Waals surface area contributed by atoms with Crippen molar-refractivity contribution in [2.45, 2.75) is 13.5 Å². The van der Waals surface area contributed by atoms with Crippen LogP contribution in [0.4, 0.5) is 5.69 Å². The molecule has 0 atom stereocenters. The topological polar surface area (TPSA) is 99.6 Å². The van der Waals surface area contributed by atoms with Crippen LogP contribution in [0.1, 0.15) is 17.0 Å². The lowest BCUT2D eigenvalue weighted by molar-refractivity contribution is -0.385. The zero-order chi connectivity index (χ0) is 23.5. The molecule has 0 aliphatic rings. The third-order valence-corrected chi connectivity index (χ3v) is 5.82. The molecule has 166 valence electrons. The fraction of sp³-hybridized carbons (Fsp3) is 0.0870. The van der Waals surface area contributed by atoms with E-state index < -0.39 is 4.92 Å². The maximum atomic E-state index is 13.0. The largest absolute Gasteiger partial charge is 0.481 e. The highest BCUT2D eigenvalue weighted by Crippen LogP contribution is 2.31. The number of nitro groups is 1. The maximum Gasteiger partial charge on any atom is 0.311 e. The average molecular weight is 572 g/mol. The van der Waals surface area contributed by atoms with Crippen LogP contribution < -0.4 is 10.3 Å². The quantitative estimate of drug-likeness (QED) is 0.170. The van der Waals surface area contributed by atoms with Gasteiger partial charge in [0, 0.05) is 20.6 Å². The van der Waals surface area contributed by atoms with Crippen LogP contribution in [0.3, 0.4) is 0 Å². The Hall–Kier alpha value is -3.37. The van der Waals surface area contributed by atoms with Gasteiger partial charge in [0.1, 0.15) is 12.4 Å². The van der Waals surface area contributed by atoms with Gasteiger partial charge in [0.15, 0.2) is 0 Å². The third kappa shape index (κ3) is 5.01. The number of hydrogen-bond donors (Lipinski definition) is 0. The van der Waals surface area contributed by atoms with Gasteiger partial charge in [-0.3, -0.25) is 14.9 Å². The fourth-order valence-corrected chi connectivity index (χ4v) is 3.82. The van der Waals surface area contributed by atoms with Crippen molar-refractivity contribution in [3.05, 3.63) is 107 Å². The summed E-state index contributed by atoms with van der Waals surface area (Å²) >= 11 is 6.73. The van der Waals surface area contributed by atoms with Gasteiger partial charge in [0.05, 0.1) is 22.0 Å². The molecule has 1 heterocycles. The van der Waals surface area contributed by atoms with E-state index in [2.05, 4.69) is 41.9 Å². The molecule has 0 spiro atoms. The van der Waals surface area contributed by atoms with Gasteiger partial charge in [-0.15, -0.1) is 0 Å². The number of aromatic nitrogens is 2. The number of fused-ring (bicyclic) bond motifs is 1. The molecule has 0 amide bonds. The number of hydrogen-bond acceptors (Lipinski definition) is 6. The van der Waals surface area contributed by atoms with Crippen LogP contribution in [0, 0.1) is 17.0 Å². The van der Waals surface area contributed by atoms with E-state index in [-0.39, 0.29) is 23.6 Å². The van der Waals surface area contributed by atoms with Crippen LogP contribution >= 0.6 is 31.9 Å². The lowest BCUT2D eigenvalue weighted by Crippen LogP contribution is -2.20. The van der Waals surface area contributed by atoms with E-state index >= 15 is 0 Å². The maximum absolute atomic E-state index is 13.0. The smallest absolute Gasteiger partial charge is 0.311 e. The Labute approximate surface area is 204 Å². The number of halogens is 2. The van der Waals surface area contributed by atoms with Crippen molar-refractivity contribution in [3.63, 3.8) is 0 Å². The SMILES string of the molecule is Cc1nc2ccc(Br)cc2c(=O)n1N=Cc1cccc([N+](=O)[O-])c1OCc1ccc(Br)cc1. The number of nitro benzene ring substituents is 1. The highest BCUT2D eigenvalue weighted by molar-refractivity contribution is 9.10. The molecule has 0 N–H and O–H groups in total. The minimum absolute atomic E-state index is 0.0661. The summed E-state index contributed by atoms with van der Waals surface area (Å²) in [4.78, 5) is 28.5. The average Bonchev–Trinajstić information content (AvgIpc) is 2.79. The molecule has 8 nitrogen and oxygen atoms in total. The van der Waals surface area contributed by atoms with Crippen molar-refractivity contribution >= 4 is 54.7 Å². The molecular formula is C23H16Br2N4O4. The van der Waals surface area contributed by atoms with Crippen molar-refractivity contribution in [1.82, 2.24) is 9.66 Å². The Balaban J connectivity index is 1.73. The molecule has 0 fully saturated rings. The molecular weight excluding hydrogens is 556 g/mol. The van der Waals surface area contributed by atoms with Gasteiger partial charge in [-0.2, -0.15) is 9.78 Å². The minimum atomic E-state index is -0.513. The molecule has 4 rings (SSSR count). The lowest BCUT2D eigenvalue weighted by atomic mass is 10.2. The van der Waals surface area contributed by atoms with E-state index in [1.807, 2.05) is 24.3 Å². The van der Waals surface area contributed by atoms with Crippen LogP contribution in [-0.2, 0) is 6.61 Å². The van der Waals surface area contributed by atoms with Crippen molar-refractivity contribution < 1.29 is 9.66 Å². The molecule has 0 saturated heterocycles. The minimum Gasteiger partial charge on any atom is -0.481 e. The Morgan fingerprint density at radius 1 is 1.12 bits per heavy atom. The Morgan fingerprint density at radius 2 is 1.85 bits per heavy atom. The second-order valence-corrected chi connectivity index (χ2v) is 8.88. The number of para-hydroxylation sites is 1. The van der Waals surface area contributed by atoms with E-state index in [1.54, 1.807) is 31.2 Å². The molecule has 1 aromatic heterocycles. The van der Waals surface area contributed by atoms with Crippen molar-refractivity contribution in [2.75, 3.05) is 0 Å². The van der Waals surface area contributed by atoms with Gasteiger partial charge in [0.25, 0.3) is 5.56 Å². The summed E-state index contributed by atoms with van der Waals surface area (Å²) in [5.41, 5.74) is 1.22. The predicted octanol–water partition coefficient (Wildman–Crippen LogP) is 5.60. The highest BCUT2D eigenvalue weighted by atomic mass is 79.9. The molecule has 0 aliphatic heterocycles. The molecule has 0 bridgehead atoms. The van der Waals surface area contributed by atoms with Crippen molar-refractivity contribution in [2.24, 2.45) is 5.10 Å². The van der Waals surface area contributed by atoms with Gasteiger partial charge >= 0.3 is 5.69 Å². The number of benzene rings is 3. The summed E-state index contributed by atoms with van der Waals surface area (Å²) in [7, 11) is 0. The summed E-state index contributed by atoms with van der Waals surface area (Å²) in [6.45, 7) is 1.79. The van der Waals surface area contributed by atoms with Crippen LogP contribution in [0.2, 0.25) is 0 Å². The van der Waals surface area contributed by atoms with Gasteiger partial charge in [-0.25, -0.2) is 4.98 Å². The first-order chi connectivity index (χ1) is 15.8. The molecule has 0 aliphatic carbocycles. The fourth-order valence-electron chi connectivity index (χ4n) is 3.20. The van der Waals surface area contributed by atoms with Crippen molar-refractivity contribution in [3.8, 4) is 5.75 Å². The number of rotatable bonds is 6. The summed E-state index contributed by atoms with van der Waals surface area (Å²) in [6, 6.07) is 17.2. The molecule has 0 radical (unpaired) electrons. The molecule has 3 aromatic carbocycles. The Bertz CT molecular complexity index is 1450. The van der Waals surface area contributed by atoms with Crippen LogP contribution in [0.15, 0.2) is 79.5 Å². The Morgan fingerprint density at radius 3 is 2.58 bits per heavy atom. The van der Waals surface area contributed by atoms with Crippen LogP contribution in [0.25, 0.3) is 10.9 Å².